The zero-order chi connectivity index (χ0) is 32.6. The molecule has 0 amide bonds. The maximum atomic E-state index is 7.42. The molecule has 2 aromatic carbocycles. The predicted octanol–water partition coefficient (Wildman–Crippen LogP) is 9.98. The van der Waals surface area contributed by atoms with Crippen LogP contribution >= 0.6 is 0 Å². The Morgan fingerprint density at radius 2 is 1.24 bits per heavy atom. The van der Waals surface area contributed by atoms with Crippen molar-refractivity contribution >= 4 is 12.4 Å². The Labute approximate surface area is 273 Å². The van der Waals surface area contributed by atoms with Gasteiger partial charge >= 0.3 is 6.03 Å². The Kier molecular flexibility index (Phi) is 7.69. The van der Waals surface area contributed by atoms with Crippen molar-refractivity contribution in [1.29, 1.82) is 0 Å². The Hall–Kier alpha value is -2.62. The molecule has 1 saturated carbocycles. The van der Waals surface area contributed by atoms with Crippen LogP contribution in [0.25, 0.3) is 0 Å². The van der Waals surface area contributed by atoms with Crippen LogP contribution in [-0.2, 0) is 16.2 Å². The molecule has 1 unspecified atom stereocenters. The molecule has 3 atom stereocenters. The van der Waals surface area contributed by atoms with Crippen LogP contribution in [0.2, 0.25) is 0 Å². The lowest BCUT2D eigenvalue weighted by Crippen LogP contribution is -2.61. The van der Waals surface area contributed by atoms with Crippen molar-refractivity contribution in [1.82, 2.24) is 0 Å². The van der Waals surface area contributed by atoms with Crippen molar-refractivity contribution in [2.75, 3.05) is 0 Å². The van der Waals surface area contributed by atoms with Crippen molar-refractivity contribution in [3.8, 4) is 11.5 Å². The molecule has 0 radical (unpaired) electrons. The van der Waals surface area contributed by atoms with Crippen LogP contribution in [0.4, 0.5) is 0 Å². The van der Waals surface area contributed by atoms with Crippen molar-refractivity contribution in [3.05, 3.63) is 58.1 Å². The van der Waals surface area contributed by atoms with E-state index in [4.69, 9.17) is 9.47 Å². The minimum Gasteiger partial charge on any atom is -0.341 e. The van der Waals surface area contributed by atoms with E-state index < -0.39 is 6.03 Å². The fourth-order valence-corrected chi connectivity index (χ4v) is 8.71. The first-order valence-electron chi connectivity index (χ1n) is 18.0. The van der Waals surface area contributed by atoms with Gasteiger partial charge in [-0.3, -0.25) is 0 Å². The van der Waals surface area contributed by atoms with Crippen LogP contribution in [-0.4, -0.2) is 38.7 Å². The molecule has 3 heterocycles. The molecule has 1 spiro atoms. The molecule has 0 N–H and O–H groups in total. The second-order valence-electron chi connectivity index (χ2n) is 17.5. The van der Waals surface area contributed by atoms with Gasteiger partial charge in [0.1, 0.15) is 0 Å². The fourth-order valence-electron chi connectivity index (χ4n) is 8.71. The van der Waals surface area contributed by atoms with Crippen LogP contribution in [0, 0.1) is 0 Å². The minimum atomic E-state index is -1.06. The zero-order valence-corrected chi connectivity index (χ0v) is 30.3. The number of unbranched alkanes of at least 4 members (excludes halogenated alkanes) is 2. The maximum absolute atomic E-state index is 7.42. The second kappa shape index (κ2) is 10.7. The molecule has 0 bridgehead atoms. The van der Waals surface area contributed by atoms with Crippen LogP contribution in [0.1, 0.15) is 168 Å². The summed E-state index contributed by atoms with van der Waals surface area (Å²) in [7, 11) is 0. The molecule has 0 aromatic heterocycles. The summed E-state index contributed by atoms with van der Waals surface area (Å²) >= 11 is 0. The number of ether oxygens (including phenoxy) is 2. The predicted molar refractivity (Wildman–Crippen MR) is 187 cm³/mol. The third-order valence-corrected chi connectivity index (χ3v) is 12.1. The van der Waals surface area contributed by atoms with Crippen LogP contribution in [0.5, 0.6) is 11.5 Å². The highest BCUT2D eigenvalue weighted by molar-refractivity contribution is 5.84. The second-order valence-corrected chi connectivity index (χ2v) is 17.5. The summed E-state index contributed by atoms with van der Waals surface area (Å²) in [4.78, 5) is 0. The van der Waals surface area contributed by atoms with Gasteiger partial charge in [0.2, 0.25) is 11.1 Å². The van der Waals surface area contributed by atoms with Gasteiger partial charge in [0.05, 0.1) is 11.1 Å². The standard InChI is InChI=1S/C41H60N2O2/c1-12-14-20-38(9,21-15-13-2)31-18-19-34-29(24-31)27-42-39(10)22-16-17-23-40(39,11)43-28-30-25-32(36(3,4)5)26-33(37(6,7)8)35(30)45-41(42,43)44-34/h18-19,24-28H,12-17,20-23H2,1-11H3/q+2/t39-,40-,41?/m0/s1. The number of hydrogen-bond acceptors (Lipinski definition) is 2. The van der Waals surface area contributed by atoms with E-state index in [-0.39, 0.29) is 27.3 Å². The summed E-state index contributed by atoms with van der Waals surface area (Å²) in [5, 5.41) is 0. The number of fused-ring (bicyclic) bond motifs is 5. The van der Waals surface area contributed by atoms with Crippen LogP contribution in [0.15, 0.2) is 30.3 Å². The van der Waals surface area contributed by atoms with E-state index in [2.05, 4.69) is 128 Å². The highest BCUT2D eigenvalue weighted by Crippen LogP contribution is 2.56. The van der Waals surface area contributed by atoms with Crippen LogP contribution in [0.3, 0.4) is 0 Å². The average Bonchev–Trinajstić information content (AvgIpc) is 3.14. The van der Waals surface area contributed by atoms with Gasteiger partial charge in [-0.25, -0.2) is 0 Å². The Bertz CT molecular complexity index is 1540. The fraction of sp³-hybridized carbons (Fsp3) is 0.659. The number of benzene rings is 2. The third kappa shape index (κ3) is 4.91. The van der Waals surface area contributed by atoms with Gasteiger partial charge in [0.15, 0.2) is 23.9 Å². The average molecular weight is 613 g/mol. The summed E-state index contributed by atoms with van der Waals surface area (Å²) in [6.07, 6.45) is 16.9. The first kappa shape index (κ1) is 32.3. The van der Waals surface area contributed by atoms with Gasteiger partial charge in [-0.05, 0) is 71.3 Å². The number of hydrogen-bond donors (Lipinski definition) is 0. The smallest absolute Gasteiger partial charge is 0.341 e. The molecule has 4 heteroatoms. The molecule has 244 valence electrons. The lowest BCUT2D eigenvalue weighted by Gasteiger charge is -2.34. The molecule has 1 saturated heterocycles. The number of nitrogens with zero attached hydrogens (tertiary/aromatic N) is 2. The summed E-state index contributed by atoms with van der Waals surface area (Å²) in [6.45, 7) is 25.8. The molecule has 2 fully saturated rings. The van der Waals surface area contributed by atoms with Crippen LogP contribution < -0.4 is 9.47 Å². The van der Waals surface area contributed by atoms with Crippen molar-refractivity contribution in [2.45, 2.75) is 174 Å². The van der Waals surface area contributed by atoms with Gasteiger partial charge in [-0.15, -0.1) is 0 Å². The third-order valence-electron chi connectivity index (χ3n) is 12.1. The van der Waals surface area contributed by atoms with E-state index in [1.165, 1.54) is 79.2 Å². The summed E-state index contributed by atoms with van der Waals surface area (Å²) in [5.41, 5.74) is 6.19. The molecule has 4 nitrogen and oxygen atoms in total. The molecule has 4 aliphatic rings. The molecule has 45 heavy (non-hydrogen) atoms. The lowest BCUT2D eigenvalue weighted by molar-refractivity contribution is -0.876. The van der Waals surface area contributed by atoms with Gasteiger partial charge in [-0.2, -0.15) is 0 Å². The van der Waals surface area contributed by atoms with Gasteiger partial charge in [0, 0.05) is 32.3 Å². The first-order chi connectivity index (χ1) is 21.0. The summed E-state index contributed by atoms with van der Waals surface area (Å²) in [5.74, 6) is 1.88. The Morgan fingerprint density at radius 1 is 0.689 bits per heavy atom. The topological polar surface area (TPSA) is 24.5 Å². The van der Waals surface area contributed by atoms with E-state index in [1.807, 2.05) is 0 Å². The van der Waals surface area contributed by atoms with Crippen molar-refractivity contribution < 1.29 is 18.6 Å². The van der Waals surface area contributed by atoms with Gasteiger partial charge in [0.25, 0.3) is 0 Å². The molecule has 1 aliphatic carbocycles. The molecule has 3 aliphatic heterocycles. The Balaban J connectivity index is 1.56. The zero-order valence-electron chi connectivity index (χ0n) is 30.3. The normalized spacial score (nSPS) is 27.2. The summed E-state index contributed by atoms with van der Waals surface area (Å²) in [6, 6.07) is 10.7. The van der Waals surface area contributed by atoms with Gasteiger partial charge < -0.3 is 9.47 Å². The highest BCUT2D eigenvalue weighted by Gasteiger charge is 2.86. The molecular weight excluding hydrogens is 552 g/mol. The highest BCUT2D eigenvalue weighted by atomic mass is 16.7. The van der Waals surface area contributed by atoms with E-state index in [0.29, 0.717) is 0 Å². The SMILES string of the molecule is CCCCC(C)(CCCC)c1ccc2c(c1)C=[N+]1C3(O2)Oc2c(cc(C(C)(C)C)cc2C(C)(C)C)C=[N+]3[C@@]2(C)CCCC[C@]12C. The Morgan fingerprint density at radius 3 is 1.78 bits per heavy atom. The van der Waals surface area contributed by atoms with E-state index >= 15 is 0 Å². The molecular formula is C41H60N2O2+2. The van der Waals surface area contributed by atoms with E-state index in [9.17, 15) is 0 Å². The quantitative estimate of drug-likeness (QED) is 0.291. The maximum Gasteiger partial charge on any atom is 0.705 e. The van der Waals surface area contributed by atoms with E-state index in [1.54, 1.807) is 0 Å². The van der Waals surface area contributed by atoms with Crippen molar-refractivity contribution in [3.63, 3.8) is 0 Å². The largest absolute Gasteiger partial charge is 0.705 e. The van der Waals surface area contributed by atoms with E-state index in [0.717, 1.165) is 24.3 Å². The first-order valence-corrected chi connectivity index (χ1v) is 18.0. The minimum absolute atomic E-state index is 0.0345. The van der Waals surface area contributed by atoms with Crippen molar-refractivity contribution in [2.24, 2.45) is 0 Å². The monoisotopic (exact) mass is 612 g/mol. The molecule has 6 rings (SSSR count). The molecule has 2 aromatic rings. The summed E-state index contributed by atoms with van der Waals surface area (Å²) < 4.78 is 19.7. The lowest BCUT2D eigenvalue weighted by atomic mass is 9.69. The number of rotatable bonds is 7. The van der Waals surface area contributed by atoms with Gasteiger partial charge in [-0.1, -0.05) is 109 Å².